The third-order valence-electron chi connectivity index (χ3n) is 4.69. The Labute approximate surface area is 154 Å². The lowest BCUT2D eigenvalue weighted by atomic mass is 9.86. The van der Waals surface area contributed by atoms with Crippen LogP contribution in [0, 0.1) is 5.82 Å². The summed E-state index contributed by atoms with van der Waals surface area (Å²) in [4.78, 5) is 4.66. The van der Waals surface area contributed by atoms with Gasteiger partial charge in [-0.05, 0) is 35.1 Å². The summed E-state index contributed by atoms with van der Waals surface area (Å²) in [5.74, 6) is 0.403. The van der Waals surface area contributed by atoms with Gasteiger partial charge in [-0.25, -0.2) is 9.38 Å². The number of hydrogen-bond acceptors (Lipinski definition) is 3. The maximum atomic E-state index is 14.3. The molecule has 0 aromatic heterocycles. The van der Waals surface area contributed by atoms with Crippen molar-refractivity contribution in [2.45, 2.75) is 45.1 Å². The van der Waals surface area contributed by atoms with Crippen molar-refractivity contribution in [2.24, 2.45) is 4.99 Å². The molecule has 1 heterocycles. The van der Waals surface area contributed by atoms with Gasteiger partial charge in [-0.3, -0.25) is 0 Å². The van der Waals surface area contributed by atoms with E-state index in [1.54, 1.807) is 12.1 Å². The largest absolute Gasteiger partial charge is 0.496 e. The highest BCUT2D eigenvalue weighted by Gasteiger charge is 2.23. The van der Waals surface area contributed by atoms with E-state index < -0.39 is 0 Å². The van der Waals surface area contributed by atoms with E-state index in [4.69, 9.17) is 9.47 Å². The van der Waals surface area contributed by atoms with Gasteiger partial charge in [-0.15, -0.1) is 0 Å². The molecule has 0 aliphatic carbocycles. The summed E-state index contributed by atoms with van der Waals surface area (Å²) in [5, 5.41) is 0. The Morgan fingerprint density at radius 1 is 1.15 bits per heavy atom. The third-order valence-corrected chi connectivity index (χ3v) is 4.69. The molecule has 4 heteroatoms. The first kappa shape index (κ1) is 18.4. The first-order chi connectivity index (χ1) is 12.4. The Bertz CT molecular complexity index is 791. The summed E-state index contributed by atoms with van der Waals surface area (Å²) in [7, 11) is 1.52. The van der Waals surface area contributed by atoms with Crippen molar-refractivity contribution in [3.63, 3.8) is 0 Å². The topological polar surface area (TPSA) is 30.8 Å². The molecule has 3 nitrogen and oxygen atoms in total. The second kappa shape index (κ2) is 7.48. The van der Waals surface area contributed by atoms with E-state index in [0.717, 1.165) is 12.8 Å². The van der Waals surface area contributed by atoms with Crippen molar-refractivity contribution in [3.05, 3.63) is 65.0 Å². The quantitative estimate of drug-likeness (QED) is 0.780. The summed E-state index contributed by atoms with van der Waals surface area (Å²) < 4.78 is 25.2. The van der Waals surface area contributed by atoms with Crippen LogP contribution in [-0.2, 0) is 16.6 Å². The van der Waals surface area contributed by atoms with Gasteiger partial charge in [0.15, 0.2) is 0 Å². The number of ether oxygens (including phenoxy) is 2. The van der Waals surface area contributed by atoms with E-state index in [1.165, 1.54) is 24.3 Å². The van der Waals surface area contributed by atoms with Crippen molar-refractivity contribution in [1.82, 2.24) is 0 Å². The fraction of sp³-hybridized carbons (Fsp3) is 0.409. The summed E-state index contributed by atoms with van der Waals surface area (Å²) in [6.07, 6.45) is 1.63. The molecule has 3 rings (SSSR count). The van der Waals surface area contributed by atoms with Gasteiger partial charge in [-0.1, -0.05) is 51.1 Å². The normalized spacial score (nSPS) is 17.4. The first-order valence-electron chi connectivity index (χ1n) is 9.01. The SMILES string of the molecule is COc1cccc(F)c1C1=NC(Cc2ccc(C(C)(C)C)cc2)CCO1. The van der Waals surface area contributed by atoms with Gasteiger partial charge in [0.05, 0.1) is 19.8 Å². The molecule has 138 valence electrons. The van der Waals surface area contributed by atoms with Crippen LogP contribution in [0.3, 0.4) is 0 Å². The second-order valence-electron chi connectivity index (χ2n) is 7.69. The van der Waals surface area contributed by atoms with E-state index in [9.17, 15) is 4.39 Å². The Balaban J connectivity index is 1.81. The molecule has 1 aliphatic rings. The summed E-state index contributed by atoms with van der Waals surface area (Å²) in [5.41, 5.74) is 2.99. The molecule has 0 fully saturated rings. The number of rotatable bonds is 4. The minimum absolute atomic E-state index is 0.0727. The van der Waals surface area contributed by atoms with Crippen LogP contribution in [-0.4, -0.2) is 25.7 Å². The summed E-state index contributed by atoms with van der Waals surface area (Å²) in [6.45, 7) is 7.15. The van der Waals surface area contributed by atoms with Crippen LogP contribution in [0.15, 0.2) is 47.5 Å². The van der Waals surface area contributed by atoms with E-state index in [2.05, 4.69) is 50.0 Å². The molecule has 0 amide bonds. The summed E-state index contributed by atoms with van der Waals surface area (Å²) in [6, 6.07) is 13.5. The van der Waals surface area contributed by atoms with Gasteiger partial charge >= 0.3 is 0 Å². The minimum atomic E-state index is -0.377. The zero-order valence-electron chi connectivity index (χ0n) is 15.9. The van der Waals surface area contributed by atoms with Crippen molar-refractivity contribution in [3.8, 4) is 5.75 Å². The number of hydrogen-bond donors (Lipinski definition) is 0. The minimum Gasteiger partial charge on any atom is -0.496 e. The van der Waals surface area contributed by atoms with Gasteiger partial charge in [0, 0.05) is 6.42 Å². The lowest BCUT2D eigenvalue weighted by Gasteiger charge is -2.23. The Morgan fingerprint density at radius 3 is 2.54 bits per heavy atom. The molecular weight excluding hydrogens is 329 g/mol. The Morgan fingerprint density at radius 2 is 1.88 bits per heavy atom. The average Bonchev–Trinajstić information content (AvgIpc) is 2.61. The lowest BCUT2D eigenvalue weighted by molar-refractivity contribution is 0.258. The molecule has 0 bridgehead atoms. The Kier molecular flexibility index (Phi) is 5.30. The van der Waals surface area contributed by atoms with Gasteiger partial charge in [-0.2, -0.15) is 0 Å². The van der Waals surface area contributed by atoms with Crippen LogP contribution in [0.4, 0.5) is 4.39 Å². The molecule has 2 aromatic rings. The molecule has 0 spiro atoms. The van der Waals surface area contributed by atoms with Gasteiger partial charge in [0.2, 0.25) is 5.90 Å². The molecule has 0 N–H and O–H groups in total. The molecule has 1 unspecified atom stereocenters. The van der Waals surface area contributed by atoms with Gasteiger partial charge < -0.3 is 9.47 Å². The fourth-order valence-electron chi connectivity index (χ4n) is 3.14. The van der Waals surface area contributed by atoms with Crippen LogP contribution in [0.5, 0.6) is 5.75 Å². The maximum Gasteiger partial charge on any atom is 0.223 e. The van der Waals surface area contributed by atoms with E-state index >= 15 is 0 Å². The number of nitrogens with zero attached hydrogens (tertiary/aromatic N) is 1. The van der Waals surface area contributed by atoms with E-state index in [1.807, 2.05) is 0 Å². The average molecular weight is 355 g/mol. The van der Waals surface area contributed by atoms with Crippen LogP contribution in [0.2, 0.25) is 0 Å². The maximum absolute atomic E-state index is 14.3. The van der Waals surface area contributed by atoms with Gasteiger partial charge in [0.25, 0.3) is 0 Å². The number of methoxy groups -OCH3 is 1. The van der Waals surface area contributed by atoms with Crippen LogP contribution in [0.25, 0.3) is 0 Å². The molecule has 0 radical (unpaired) electrons. The van der Waals surface area contributed by atoms with Crippen molar-refractivity contribution in [1.29, 1.82) is 0 Å². The predicted molar refractivity (Wildman–Crippen MR) is 103 cm³/mol. The van der Waals surface area contributed by atoms with Crippen molar-refractivity contribution >= 4 is 5.90 Å². The van der Waals surface area contributed by atoms with Crippen LogP contribution >= 0.6 is 0 Å². The van der Waals surface area contributed by atoms with Crippen LogP contribution in [0.1, 0.15) is 43.9 Å². The molecule has 0 saturated carbocycles. The molecule has 0 saturated heterocycles. The van der Waals surface area contributed by atoms with Crippen LogP contribution < -0.4 is 4.74 Å². The highest BCUT2D eigenvalue weighted by molar-refractivity contribution is 5.97. The summed E-state index contributed by atoms with van der Waals surface area (Å²) >= 11 is 0. The molecule has 1 aliphatic heterocycles. The zero-order chi connectivity index (χ0) is 18.7. The molecular formula is C22H26FNO2. The second-order valence-corrected chi connectivity index (χ2v) is 7.69. The van der Waals surface area contributed by atoms with Crippen molar-refractivity contribution < 1.29 is 13.9 Å². The Hall–Kier alpha value is -2.36. The van der Waals surface area contributed by atoms with E-state index in [0.29, 0.717) is 23.8 Å². The van der Waals surface area contributed by atoms with Crippen molar-refractivity contribution in [2.75, 3.05) is 13.7 Å². The highest BCUT2D eigenvalue weighted by atomic mass is 19.1. The van der Waals surface area contributed by atoms with E-state index in [-0.39, 0.29) is 17.3 Å². The highest BCUT2D eigenvalue weighted by Crippen LogP contribution is 2.26. The number of halogens is 1. The monoisotopic (exact) mass is 355 g/mol. The van der Waals surface area contributed by atoms with Gasteiger partial charge in [0.1, 0.15) is 17.1 Å². The molecule has 1 atom stereocenters. The smallest absolute Gasteiger partial charge is 0.223 e. The predicted octanol–water partition coefficient (Wildman–Crippen LogP) is 4.91. The lowest BCUT2D eigenvalue weighted by Crippen LogP contribution is -2.25. The number of benzene rings is 2. The number of aliphatic imine (C=N–C) groups is 1. The standard InChI is InChI=1S/C22H26FNO2/c1-22(2,3)16-10-8-15(9-11-16)14-17-12-13-26-21(24-17)20-18(23)6-5-7-19(20)25-4/h5-11,17H,12-14H2,1-4H3. The first-order valence-corrected chi connectivity index (χ1v) is 9.01. The third kappa shape index (κ3) is 4.06. The fourth-order valence-corrected chi connectivity index (χ4v) is 3.14. The zero-order valence-corrected chi connectivity index (χ0v) is 15.9. The molecule has 26 heavy (non-hydrogen) atoms. The molecule has 2 aromatic carbocycles.